The lowest BCUT2D eigenvalue weighted by Gasteiger charge is -1.95. The number of fused-ring (bicyclic) bond motifs is 1. The fourth-order valence-corrected chi connectivity index (χ4v) is 2.93. The van der Waals surface area contributed by atoms with Crippen molar-refractivity contribution in [2.75, 3.05) is 0 Å². The van der Waals surface area contributed by atoms with Gasteiger partial charge in [0.1, 0.15) is 11.2 Å². The van der Waals surface area contributed by atoms with E-state index >= 15 is 0 Å². The molecule has 0 bridgehead atoms. The summed E-state index contributed by atoms with van der Waals surface area (Å²) in [6, 6.07) is 6.74. The molecule has 88 valence electrons. The molecule has 3 heteroatoms. The van der Waals surface area contributed by atoms with E-state index in [1.165, 1.54) is 33.6 Å². The van der Waals surface area contributed by atoms with Gasteiger partial charge in [0.15, 0.2) is 0 Å². The lowest BCUT2D eigenvalue weighted by atomic mass is 10.2. The Balaban J connectivity index is 0.00000128. The minimum Gasteiger partial charge on any atom is -1.00 e. The summed E-state index contributed by atoms with van der Waals surface area (Å²) in [7, 11) is 0. The Kier molecular flexibility index (Phi) is 5.18. The Morgan fingerprint density at radius 3 is 2.69 bits per heavy atom. The Morgan fingerprint density at radius 2 is 2.00 bits per heavy atom. The molecular weight excluding hydrogens is 329 g/mol. The second-order valence-corrected chi connectivity index (χ2v) is 5.33. The van der Waals surface area contributed by atoms with E-state index in [1.54, 1.807) is 0 Å². The third-order valence-electron chi connectivity index (χ3n) is 2.78. The molecule has 1 nitrogen and oxygen atoms in total. The molecule has 0 aliphatic carbocycles. The zero-order chi connectivity index (χ0) is 10.8. The van der Waals surface area contributed by atoms with Crippen LogP contribution < -0.4 is 28.5 Å². The predicted molar refractivity (Wildman–Crippen MR) is 66.4 cm³/mol. The number of benzene rings is 1. The van der Waals surface area contributed by atoms with E-state index in [0.717, 1.165) is 6.54 Å². The fourth-order valence-electron chi connectivity index (χ4n) is 1.90. The van der Waals surface area contributed by atoms with Gasteiger partial charge in [-0.15, -0.1) is 0 Å². The van der Waals surface area contributed by atoms with Crippen molar-refractivity contribution < 1.29 is 28.5 Å². The molecule has 1 aromatic carbocycles. The van der Waals surface area contributed by atoms with Crippen molar-refractivity contribution in [1.82, 2.24) is 0 Å². The number of hydrogen-bond donors (Lipinski definition) is 0. The van der Waals surface area contributed by atoms with Crippen molar-refractivity contribution in [1.29, 1.82) is 0 Å². The zero-order valence-electron chi connectivity index (χ0n) is 10.1. The van der Waals surface area contributed by atoms with Gasteiger partial charge in [0.25, 0.3) is 0 Å². The number of halogens is 1. The van der Waals surface area contributed by atoms with Gasteiger partial charge < -0.3 is 24.0 Å². The highest BCUT2D eigenvalue weighted by Crippen LogP contribution is 2.21. The van der Waals surface area contributed by atoms with E-state index < -0.39 is 0 Å². The molecule has 2 aromatic rings. The first-order valence-electron chi connectivity index (χ1n) is 5.62. The van der Waals surface area contributed by atoms with Gasteiger partial charge in [0.2, 0.25) is 10.5 Å². The van der Waals surface area contributed by atoms with Crippen molar-refractivity contribution >= 4 is 21.6 Å². The van der Waals surface area contributed by atoms with Gasteiger partial charge in [-0.25, -0.2) is 0 Å². The van der Waals surface area contributed by atoms with Gasteiger partial charge in [-0.05, 0) is 18.6 Å². The highest BCUT2D eigenvalue weighted by atomic mass is 127. The first-order chi connectivity index (χ1) is 7.22. The molecule has 0 aliphatic rings. The lowest BCUT2D eigenvalue weighted by Crippen LogP contribution is -3.00. The van der Waals surface area contributed by atoms with E-state index in [1.807, 2.05) is 11.3 Å². The van der Waals surface area contributed by atoms with Crippen molar-refractivity contribution in [3.63, 3.8) is 0 Å². The summed E-state index contributed by atoms with van der Waals surface area (Å²) in [6.07, 6.45) is 2.53. The average molecular weight is 347 g/mol. The van der Waals surface area contributed by atoms with Gasteiger partial charge in [-0.3, -0.25) is 0 Å². The minimum absolute atomic E-state index is 0. The summed E-state index contributed by atoms with van der Waals surface area (Å²) in [5, 5.41) is 1.42. The molecule has 0 unspecified atom stereocenters. The van der Waals surface area contributed by atoms with E-state index in [4.69, 9.17) is 0 Å². The Labute approximate surface area is 119 Å². The number of hydrogen-bond acceptors (Lipinski definition) is 1. The Bertz CT molecular complexity index is 476. The van der Waals surface area contributed by atoms with Crippen molar-refractivity contribution in [3.05, 3.63) is 28.8 Å². The number of aryl methyl sites for hydroxylation is 3. The first-order valence-corrected chi connectivity index (χ1v) is 6.43. The summed E-state index contributed by atoms with van der Waals surface area (Å²) >= 11 is 1.90. The van der Waals surface area contributed by atoms with Crippen LogP contribution in [-0.2, 0) is 6.54 Å². The largest absolute Gasteiger partial charge is 1.00 e. The first kappa shape index (κ1) is 13.9. The standard InChI is InChI=1S/C13H18NS.HI/c1-4-5-8-14-11(3)15-13-7-6-10(2)9-12(13)14;/h6-7,9H,4-5,8H2,1-3H3;1H/q+1;/p-1. The number of thiazole rings is 1. The van der Waals surface area contributed by atoms with E-state index in [0.29, 0.717) is 0 Å². The van der Waals surface area contributed by atoms with Crippen LogP contribution >= 0.6 is 11.3 Å². The van der Waals surface area contributed by atoms with Crippen LogP contribution in [0, 0.1) is 13.8 Å². The molecule has 2 rings (SSSR count). The van der Waals surface area contributed by atoms with Crippen LogP contribution in [0.15, 0.2) is 18.2 Å². The molecule has 0 atom stereocenters. The molecule has 0 spiro atoms. The van der Waals surface area contributed by atoms with Crippen molar-refractivity contribution in [2.24, 2.45) is 0 Å². The maximum Gasteiger partial charge on any atom is 0.235 e. The molecule has 0 amide bonds. The van der Waals surface area contributed by atoms with E-state index in [-0.39, 0.29) is 24.0 Å². The molecular formula is C13H18INS. The quantitative estimate of drug-likeness (QED) is 0.566. The van der Waals surface area contributed by atoms with Crippen molar-refractivity contribution in [3.8, 4) is 0 Å². The van der Waals surface area contributed by atoms with Gasteiger partial charge in [-0.2, -0.15) is 4.57 Å². The molecule has 0 fully saturated rings. The topological polar surface area (TPSA) is 3.88 Å². The molecule has 0 saturated heterocycles. The maximum atomic E-state index is 2.45. The van der Waals surface area contributed by atoms with Gasteiger partial charge in [0, 0.05) is 19.4 Å². The third-order valence-corrected chi connectivity index (χ3v) is 3.86. The van der Waals surface area contributed by atoms with E-state index in [9.17, 15) is 0 Å². The second kappa shape index (κ2) is 5.96. The van der Waals surface area contributed by atoms with Crippen LogP contribution in [0.1, 0.15) is 30.3 Å². The third kappa shape index (κ3) is 2.74. The predicted octanol–water partition coefficient (Wildman–Crippen LogP) is 0.610. The summed E-state index contributed by atoms with van der Waals surface area (Å²) in [6.45, 7) is 7.79. The van der Waals surface area contributed by atoms with Crippen LogP contribution in [0.25, 0.3) is 10.2 Å². The normalized spacial score (nSPS) is 10.4. The summed E-state index contributed by atoms with van der Waals surface area (Å²) in [5.74, 6) is 0. The van der Waals surface area contributed by atoms with Crippen molar-refractivity contribution in [2.45, 2.75) is 40.2 Å². The fraction of sp³-hybridized carbons (Fsp3) is 0.462. The van der Waals surface area contributed by atoms with E-state index in [2.05, 4.69) is 43.5 Å². The number of aromatic nitrogens is 1. The van der Waals surface area contributed by atoms with Crippen LogP contribution in [0.5, 0.6) is 0 Å². The molecule has 0 saturated carbocycles. The molecule has 0 aliphatic heterocycles. The van der Waals surface area contributed by atoms with Crippen LogP contribution in [0.3, 0.4) is 0 Å². The SMILES string of the molecule is CCCC[n+]1c(C)sc2ccc(C)cc21.[I-]. The summed E-state index contributed by atoms with van der Waals surface area (Å²) < 4.78 is 3.87. The highest BCUT2D eigenvalue weighted by molar-refractivity contribution is 7.18. The summed E-state index contributed by atoms with van der Waals surface area (Å²) in [5.41, 5.74) is 2.76. The maximum absolute atomic E-state index is 2.45. The number of rotatable bonds is 3. The second-order valence-electron chi connectivity index (χ2n) is 4.10. The van der Waals surface area contributed by atoms with Crippen LogP contribution in [0.4, 0.5) is 0 Å². The number of nitrogens with zero attached hydrogens (tertiary/aromatic N) is 1. The molecule has 0 N–H and O–H groups in total. The molecule has 0 radical (unpaired) electrons. The van der Waals surface area contributed by atoms with Gasteiger partial charge in [0.05, 0.1) is 0 Å². The average Bonchev–Trinajstić information content (AvgIpc) is 2.51. The number of unbranched alkanes of at least 4 members (excludes halogenated alkanes) is 1. The van der Waals surface area contributed by atoms with Crippen LogP contribution in [0.2, 0.25) is 0 Å². The Morgan fingerprint density at radius 1 is 1.25 bits per heavy atom. The Hall–Kier alpha value is -0.160. The summed E-state index contributed by atoms with van der Waals surface area (Å²) in [4.78, 5) is 0. The smallest absolute Gasteiger partial charge is 0.235 e. The van der Waals surface area contributed by atoms with Gasteiger partial charge >= 0.3 is 0 Å². The molecule has 1 aromatic heterocycles. The lowest BCUT2D eigenvalue weighted by molar-refractivity contribution is -0.673. The monoisotopic (exact) mass is 347 g/mol. The molecule has 1 heterocycles. The zero-order valence-corrected chi connectivity index (χ0v) is 13.1. The minimum atomic E-state index is 0. The van der Waals surface area contributed by atoms with Crippen LogP contribution in [-0.4, -0.2) is 0 Å². The highest BCUT2D eigenvalue weighted by Gasteiger charge is 2.15. The molecule has 16 heavy (non-hydrogen) atoms. The van der Waals surface area contributed by atoms with Gasteiger partial charge in [-0.1, -0.05) is 30.7 Å².